The molecular formula is C24H21NO3S. The average Bonchev–Trinajstić information content (AvgIpc) is 3.32. The van der Waals surface area contributed by atoms with Crippen molar-refractivity contribution < 1.29 is 14.7 Å². The van der Waals surface area contributed by atoms with Crippen molar-refractivity contribution in [3.05, 3.63) is 87.6 Å². The molecule has 0 bridgehead atoms. The van der Waals surface area contributed by atoms with Crippen LogP contribution < -0.4 is 4.90 Å². The molecule has 4 nitrogen and oxygen atoms in total. The van der Waals surface area contributed by atoms with E-state index < -0.39 is 5.97 Å². The number of carbonyl (C=O) groups is 2. The topological polar surface area (TPSA) is 57.6 Å². The van der Waals surface area contributed by atoms with Gasteiger partial charge in [-0.05, 0) is 57.6 Å². The molecule has 1 aliphatic rings. The molecule has 0 fully saturated rings. The molecule has 0 saturated carbocycles. The van der Waals surface area contributed by atoms with E-state index >= 15 is 0 Å². The lowest BCUT2D eigenvalue weighted by Gasteiger charge is -2.18. The quantitative estimate of drug-likeness (QED) is 0.568. The Kier molecular flexibility index (Phi) is 5.07. The minimum absolute atomic E-state index is 0.0400. The van der Waals surface area contributed by atoms with E-state index in [1.54, 1.807) is 34.4 Å². The Labute approximate surface area is 173 Å². The highest BCUT2D eigenvalue weighted by molar-refractivity contribution is 7.08. The van der Waals surface area contributed by atoms with Crippen LogP contribution in [0.15, 0.2) is 65.4 Å². The van der Waals surface area contributed by atoms with Crippen molar-refractivity contribution in [2.24, 2.45) is 5.92 Å². The number of fused-ring (bicyclic) bond motifs is 1. The number of hydrogen-bond donors (Lipinski definition) is 1. The highest BCUT2D eigenvalue weighted by Gasteiger charge is 2.35. The third kappa shape index (κ3) is 3.49. The average molecular weight is 404 g/mol. The standard InChI is InChI=1S/C24H21NO3S/c1-15(2)21(18-10-11-29-14-18)22-19-8-3-4-9-20(19)25(23(22)26)13-16-6-5-7-17(12-16)24(27)28/h3-12,14-15H,13H2,1-2H3,(H,27,28). The lowest BCUT2D eigenvalue weighted by atomic mass is 9.89. The first-order chi connectivity index (χ1) is 14.0. The molecule has 0 spiro atoms. The first-order valence-electron chi connectivity index (χ1n) is 9.47. The number of thiophene rings is 1. The molecule has 2 heterocycles. The zero-order valence-electron chi connectivity index (χ0n) is 16.3. The number of para-hydroxylation sites is 1. The second-order valence-electron chi connectivity index (χ2n) is 7.37. The number of allylic oxidation sites excluding steroid dienone is 1. The largest absolute Gasteiger partial charge is 0.478 e. The summed E-state index contributed by atoms with van der Waals surface area (Å²) in [5, 5.41) is 13.4. The van der Waals surface area contributed by atoms with Crippen molar-refractivity contribution in [3.63, 3.8) is 0 Å². The minimum atomic E-state index is -0.972. The molecule has 1 N–H and O–H groups in total. The van der Waals surface area contributed by atoms with Gasteiger partial charge < -0.3 is 10.0 Å². The Balaban J connectivity index is 1.83. The number of hydrogen-bond acceptors (Lipinski definition) is 3. The molecule has 3 aromatic rings. The van der Waals surface area contributed by atoms with E-state index in [4.69, 9.17) is 0 Å². The van der Waals surface area contributed by atoms with Gasteiger partial charge in [-0.1, -0.05) is 44.2 Å². The summed E-state index contributed by atoms with van der Waals surface area (Å²) < 4.78 is 0. The number of rotatable bonds is 5. The van der Waals surface area contributed by atoms with Gasteiger partial charge in [-0.3, -0.25) is 4.79 Å². The molecule has 0 radical (unpaired) electrons. The first-order valence-corrected chi connectivity index (χ1v) is 10.4. The summed E-state index contributed by atoms with van der Waals surface area (Å²) in [5.41, 5.74) is 5.67. The van der Waals surface area contributed by atoms with Crippen LogP contribution in [0.3, 0.4) is 0 Å². The van der Waals surface area contributed by atoms with Gasteiger partial charge in [0.2, 0.25) is 0 Å². The maximum absolute atomic E-state index is 13.6. The van der Waals surface area contributed by atoms with Gasteiger partial charge in [-0.15, -0.1) is 0 Å². The molecule has 0 aliphatic carbocycles. The van der Waals surface area contributed by atoms with Gasteiger partial charge in [0, 0.05) is 5.56 Å². The van der Waals surface area contributed by atoms with E-state index in [9.17, 15) is 14.7 Å². The van der Waals surface area contributed by atoms with E-state index in [2.05, 4.69) is 25.3 Å². The van der Waals surface area contributed by atoms with Crippen LogP contribution in [0, 0.1) is 5.92 Å². The molecule has 1 amide bonds. The molecule has 1 aromatic heterocycles. The number of carboxylic acid groups (broad SMARTS) is 1. The number of amides is 1. The number of anilines is 1. The summed E-state index contributed by atoms with van der Waals surface area (Å²) in [6, 6.07) is 16.6. The van der Waals surface area contributed by atoms with Gasteiger partial charge in [0.15, 0.2) is 0 Å². The van der Waals surface area contributed by atoms with Crippen LogP contribution in [0.5, 0.6) is 0 Å². The van der Waals surface area contributed by atoms with Gasteiger partial charge in [-0.2, -0.15) is 11.3 Å². The molecule has 0 saturated heterocycles. The Hall–Kier alpha value is -3.18. The second-order valence-corrected chi connectivity index (χ2v) is 8.15. The zero-order valence-corrected chi connectivity index (χ0v) is 17.1. The molecule has 0 unspecified atom stereocenters. The zero-order chi connectivity index (χ0) is 20.5. The molecule has 29 heavy (non-hydrogen) atoms. The van der Waals surface area contributed by atoms with E-state index in [1.807, 2.05) is 35.7 Å². The third-order valence-corrected chi connectivity index (χ3v) is 5.80. The van der Waals surface area contributed by atoms with Crippen LogP contribution in [-0.2, 0) is 11.3 Å². The predicted molar refractivity (Wildman–Crippen MR) is 117 cm³/mol. The predicted octanol–water partition coefficient (Wildman–Crippen LogP) is 5.56. The van der Waals surface area contributed by atoms with Crippen molar-refractivity contribution in [3.8, 4) is 0 Å². The van der Waals surface area contributed by atoms with Crippen molar-refractivity contribution in [2.75, 3.05) is 4.90 Å². The Bertz CT molecular complexity index is 1110. The lowest BCUT2D eigenvalue weighted by Crippen LogP contribution is -2.26. The monoisotopic (exact) mass is 403 g/mol. The number of nitrogens with zero attached hydrogens (tertiary/aromatic N) is 1. The summed E-state index contributed by atoms with van der Waals surface area (Å²) in [6.07, 6.45) is 0. The van der Waals surface area contributed by atoms with E-state index in [0.29, 0.717) is 6.54 Å². The minimum Gasteiger partial charge on any atom is -0.478 e. The fraction of sp³-hybridized carbons (Fsp3) is 0.167. The van der Waals surface area contributed by atoms with Crippen molar-refractivity contribution in [1.82, 2.24) is 0 Å². The van der Waals surface area contributed by atoms with E-state index in [0.717, 1.165) is 33.5 Å². The SMILES string of the molecule is CC(C)C(=C1C(=O)N(Cc2cccc(C(=O)O)c2)c2ccccc21)c1ccsc1. The molecule has 4 rings (SSSR count). The van der Waals surface area contributed by atoms with Crippen molar-refractivity contribution in [2.45, 2.75) is 20.4 Å². The van der Waals surface area contributed by atoms with Crippen LogP contribution in [0.25, 0.3) is 11.1 Å². The maximum Gasteiger partial charge on any atom is 0.335 e. The van der Waals surface area contributed by atoms with Gasteiger partial charge in [0.1, 0.15) is 0 Å². The maximum atomic E-state index is 13.6. The molecule has 1 aliphatic heterocycles. The summed E-state index contributed by atoms with van der Waals surface area (Å²) in [7, 11) is 0. The normalized spacial score (nSPS) is 15.0. The third-order valence-electron chi connectivity index (χ3n) is 5.12. The second kappa shape index (κ2) is 7.68. The van der Waals surface area contributed by atoms with E-state index in [1.165, 1.54) is 0 Å². The van der Waals surface area contributed by atoms with Gasteiger partial charge in [0.25, 0.3) is 5.91 Å². The Morgan fingerprint density at radius 2 is 1.86 bits per heavy atom. The fourth-order valence-corrected chi connectivity index (χ4v) is 4.52. The molecule has 0 atom stereocenters. The fourth-order valence-electron chi connectivity index (χ4n) is 3.87. The highest BCUT2D eigenvalue weighted by atomic mass is 32.1. The number of carbonyl (C=O) groups excluding carboxylic acids is 1. The highest BCUT2D eigenvalue weighted by Crippen LogP contribution is 2.43. The molecular weight excluding hydrogens is 382 g/mol. The number of benzene rings is 2. The summed E-state index contributed by atoms with van der Waals surface area (Å²) in [6.45, 7) is 4.54. The van der Waals surface area contributed by atoms with Crippen LogP contribution in [0.4, 0.5) is 5.69 Å². The van der Waals surface area contributed by atoms with E-state index in [-0.39, 0.29) is 17.4 Å². The molecule has 5 heteroatoms. The molecule has 2 aromatic carbocycles. The van der Waals surface area contributed by atoms with Crippen LogP contribution in [0.1, 0.15) is 40.9 Å². The van der Waals surface area contributed by atoms with Crippen LogP contribution in [0.2, 0.25) is 0 Å². The van der Waals surface area contributed by atoms with Gasteiger partial charge in [0.05, 0.1) is 23.4 Å². The smallest absolute Gasteiger partial charge is 0.335 e. The molecule has 146 valence electrons. The Morgan fingerprint density at radius 3 is 2.55 bits per heavy atom. The van der Waals surface area contributed by atoms with Crippen LogP contribution in [-0.4, -0.2) is 17.0 Å². The van der Waals surface area contributed by atoms with Crippen molar-refractivity contribution in [1.29, 1.82) is 0 Å². The summed E-state index contributed by atoms with van der Waals surface area (Å²) in [5.74, 6) is -0.825. The number of aromatic carboxylic acids is 1. The van der Waals surface area contributed by atoms with Gasteiger partial charge in [-0.25, -0.2) is 4.79 Å². The summed E-state index contributed by atoms with van der Waals surface area (Å²) >= 11 is 1.62. The van der Waals surface area contributed by atoms with Crippen molar-refractivity contribution >= 4 is 40.0 Å². The van der Waals surface area contributed by atoms with Crippen LogP contribution >= 0.6 is 11.3 Å². The first kappa shape index (κ1) is 19.2. The number of carboxylic acids is 1. The summed E-state index contributed by atoms with van der Waals surface area (Å²) in [4.78, 5) is 26.6. The Morgan fingerprint density at radius 1 is 1.07 bits per heavy atom. The lowest BCUT2D eigenvalue weighted by molar-refractivity contribution is -0.113. The van der Waals surface area contributed by atoms with Gasteiger partial charge >= 0.3 is 5.97 Å².